The molecule has 0 radical (unpaired) electrons. The molecule has 0 aromatic carbocycles. The van der Waals surface area contributed by atoms with E-state index in [4.69, 9.17) is 0 Å². The van der Waals surface area contributed by atoms with E-state index in [2.05, 4.69) is 30.2 Å². The van der Waals surface area contributed by atoms with Crippen LogP contribution in [-0.2, 0) is 22.4 Å². The van der Waals surface area contributed by atoms with Crippen LogP contribution in [0.1, 0.15) is 24.4 Å². The number of hydrogen-bond acceptors (Lipinski definition) is 7. The molecule has 2 aromatic rings. The first-order valence-corrected chi connectivity index (χ1v) is 7.25. The third kappa shape index (κ3) is 4.61. The third-order valence-electron chi connectivity index (χ3n) is 2.70. The molecule has 2 aromatic heterocycles. The first-order valence-electron chi connectivity index (χ1n) is 6.37. The molecule has 0 saturated carbocycles. The Kier molecular flexibility index (Phi) is 5.48. The lowest BCUT2D eigenvalue weighted by Crippen LogP contribution is -2.04. The Balaban J connectivity index is 1.66. The van der Waals surface area contributed by atoms with Gasteiger partial charge in [0.05, 0.1) is 19.2 Å². The van der Waals surface area contributed by atoms with Crippen LogP contribution in [0.2, 0.25) is 0 Å². The van der Waals surface area contributed by atoms with E-state index >= 15 is 0 Å². The van der Waals surface area contributed by atoms with Crippen LogP contribution in [0.15, 0.2) is 11.7 Å². The Morgan fingerprint density at radius 3 is 3.15 bits per heavy atom. The van der Waals surface area contributed by atoms with Crippen LogP contribution in [0.5, 0.6) is 0 Å². The first kappa shape index (κ1) is 14.4. The van der Waals surface area contributed by atoms with Gasteiger partial charge >= 0.3 is 5.97 Å². The summed E-state index contributed by atoms with van der Waals surface area (Å²) in [6.45, 7) is 0.824. The summed E-state index contributed by atoms with van der Waals surface area (Å²) in [6.07, 6.45) is 4.30. The van der Waals surface area contributed by atoms with Crippen molar-refractivity contribution in [3.8, 4) is 0 Å². The fourth-order valence-corrected chi connectivity index (χ4v) is 2.41. The summed E-state index contributed by atoms with van der Waals surface area (Å²) < 4.78 is 4.60. The summed E-state index contributed by atoms with van der Waals surface area (Å²) in [7, 11) is 1.39. The minimum atomic E-state index is -0.209. The van der Waals surface area contributed by atoms with Crippen molar-refractivity contribution >= 4 is 22.4 Å². The molecule has 0 saturated heterocycles. The predicted octanol–water partition coefficient (Wildman–Crippen LogP) is 1.41. The minimum Gasteiger partial charge on any atom is -0.469 e. The fraction of sp³-hybridized carbons (Fsp3) is 0.500. The molecule has 0 aliphatic heterocycles. The highest BCUT2D eigenvalue weighted by Crippen LogP contribution is 2.16. The van der Waals surface area contributed by atoms with E-state index in [0.717, 1.165) is 36.0 Å². The molecule has 2 N–H and O–H groups in total. The molecule has 0 fully saturated rings. The average molecular weight is 295 g/mol. The maximum atomic E-state index is 11.0. The number of methoxy groups -OCH3 is 1. The van der Waals surface area contributed by atoms with Crippen LogP contribution >= 0.6 is 11.3 Å². The van der Waals surface area contributed by atoms with Crippen LogP contribution < -0.4 is 5.32 Å². The summed E-state index contributed by atoms with van der Waals surface area (Å²) in [6, 6.07) is 0. The molecule has 0 spiro atoms. The minimum absolute atomic E-state index is 0.209. The van der Waals surface area contributed by atoms with E-state index in [1.807, 2.05) is 5.38 Å². The molecule has 0 amide bonds. The summed E-state index contributed by atoms with van der Waals surface area (Å²) in [5, 5.41) is 12.7. The van der Waals surface area contributed by atoms with Crippen molar-refractivity contribution in [1.29, 1.82) is 0 Å². The van der Waals surface area contributed by atoms with Gasteiger partial charge in [-0.05, 0) is 6.42 Å². The van der Waals surface area contributed by atoms with Gasteiger partial charge in [-0.2, -0.15) is 5.10 Å². The standard InChI is InChI=1S/C12H17N5O2S/c1-19-11(18)5-4-9-7-20-12(16-9)13-6-2-3-10-14-8-15-17-10/h7-8H,2-6H2,1H3,(H,13,16)(H,14,15,17). The van der Waals surface area contributed by atoms with Gasteiger partial charge < -0.3 is 10.1 Å². The molecule has 0 aliphatic carbocycles. The summed E-state index contributed by atoms with van der Waals surface area (Å²) in [5.74, 6) is 0.685. The number of nitrogens with zero attached hydrogens (tertiary/aromatic N) is 3. The van der Waals surface area contributed by atoms with Crippen LogP contribution in [0.4, 0.5) is 5.13 Å². The molecule has 0 atom stereocenters. The number of aryl methyl sites for hydroxylation is 2. The Morgan fingerprint density at radius 1 is 1.50 bits per heavy atom. The predicted molar refractivity (Wildman–Crippen MR) is 75.6 cm³/mol. The number of hydrogen-bond donors (Lipinski definition) is 2. The van der Waals surface area contributed by atoms with Crippen LogP contribution in [0, 0.1) is 0 Å². The van der Waals surface area contributed by atoms with E-state index in [1.54, 1.807) is 11.3 Å². The van der Waals surface area contributed by atoms with Gasteiger partial charge in [-0.3, -0.25) is 9.89 Å². The van der Waals surface area contributed by atoms with Gasteiger partial charge in [-0.1, -0.05) is 0 Å². The van der Waals surface area contributed by atoms with Crippen molar-refractivity contribution < 1.29 is 9.53 Å². The number of esters is 1. The quantitative estimate of drug-likeness (QED) is 0.565. The Morgan fingerprint density at radius 2 is 2.40 bits per heavy atom. The molecule has 108 valence electrons. The molecular weight excluding hydrogens is 278 g/mol. The second-order valence-corrected chi connectivity index (χ2v) is 5.04. The van der Waals surface area contributed by atoms with Crippen molar-refractivity contribution in [2.24, 2.45) is 0 Å². The summed E-state index contributed by atoms with van der Waals surface area (Å²) in [5.41, 5.74) is 0.915. The normalized spacial score (nSPS) is 10.4. The lowest BCUT2D eigenvalue weighted by atomic mass is 10.2. The zero-order valence-corrected chi connectivity index (χ0v) is 12.1. The molecule has 2 rings (SSSR count). The molecule has 20 heavy (non-hydrogen) atoms. The number of rotatable bonds is 8. The van der Waals surface area contributed by atoms with Crippen molar-refractivity contribution in [1.82, 2.24) is 20.2 Å². The highest BCUT2D eigenvalue weighted by atomic mass is 32.1. The first-order chi connectivity index (χ1) is 9.78. The van der Waals surface area contributed by atoms with Gasteiger partial charge in [0.15, 0.2) is 5.13 Å². The van der Waals surface area contributed by atoms with Crippen LogP contribution in [-0.4, -0.2) is 39.8 Å². The topological polar surface area (TPSA) is 92.8 Å². The van der Waals surface area contributed by atoms with Gasteiger partial charge in [0.25, 0.3) is 0 Å². The van der Waals surface area contributed by atoms with Crippen molar-refractivity contribution in [3.05, 3.63) is 23.2 Å². The van der Waals surface area contributed by atoms with Gasteiger partial charge in [0, 0.05) is 24.8 Å². The number of carbonyl (C=O) groups excluding carboxylic acids is 1. The highest BCUT2D eigenvalue weighted by molar-refractivity contribution is 7.13. The van der Waals surface area contributed by atoms with E-state index in [1.165, 1.54) is 13.4 Å². The maximum Gasteiger partial charge on any atom is 0.305 e. The average Bonchev–Trinajstić information content (AvgIpc) is 3.12. The molecular formula is C12H17N5O2S. The Bertz CT molecular complexity index is 526. The van der Waals surface area contributed by atoms with E-state index in [-0.39, 0.29) is 5.97 Å². The van der Waals surface area contributed by atoms with Crippen molar-refractivity contribution in [3.63, 3.8) is 0 Å². The van der Waals surface area contributed by atoms with E-state index in [0.29, 0.717) is 12.8 Å². The van der Waals surface area contributed by atoms with E-state index in [9.17, 15) is 4.79 Å². The number of H-pyrrole nitrogens is 1. The third-order valence-corrected chi connectivity index (χ3v) is 3.54. The Hall–Kier alpha value is -1.96. The van der Waals surface area contributed by atoms with E-state index < -0.39 is 0 Å². The lowest BCUT2D eigenvalue weighted by molar-refractivity contribution is -0.140. The lowest BCUT2D eigenvalue weighted by Gasteiger charge is -2.00. The number of carbonyl (C=O) groups is 1. The summed E-state index contributed by atoms with van der Waals surface area (Å²) in [4.78, 5) is 19.5. The second kappa shape index (κ2) is 7.59. The number of aromatic nitrogens is 4. The van der Waals surface area contributed by atoms with Gasteiger partial charge in [0.2, 0.25) is 0 Å². The monoisotopic (exact) mass is 295 g/mol. The van der Waals surface area contributed by atoms with Crippen molar-refractivity contribution in [2.75, 3.05) is 19.0 Å². The SMILES string of the molecule is COC(=O)CCc1csc(NCCCc2ncn[nH]2)n1. The molecule has 0 aliphatic rings. The largest absolute Gasteiger partial charge is 0.469 e. The molecule has 8 heteroatoms. The highest BCUT2D eigenvalue weighted by Gasteiger charge is 2.05. The number of anilines is 1. The zero-order valence-electron chi connectivity index (χ0n) is 11.3. The molecule has 2 heterocycles. The molecule has 0 bridgehead atoms. The van der Waals surface area contributed by atoms with Gasteiger partial charge in [0.1, 0.15) is 12.2 Å². The number of aromatic amines is 1. The second-order valence-electron chi connectivity index (χ2n) is 4.18. The fourth-order valence-electron chi connectivity index (χ4n) is 1.64. The van der Waals surface area contributed by atoms with Crippen LogP contribution in [0.25, 0.3) is 0 Å². The van der Waals surface area contributed by atoms with Crippen molar-refractivity contribution in [2.45, 2.75) is 25.7 Å². The van der Waals surface area contributed by atoms with Crippen LogP contribution in [0.3, 0.4) is 0 Å². The number of nitrogens with one attached hydrogen (secondary N) is 2. The maximum absolute atomic E-state index is 11.0. The van der Waals surface area contributed by atoms with Gasteiger partial charge in [-0.25, -0.2) is 9.97 Å². The molecule has 0 unspecified atom stereocenters. The van der Waals surface area contributed by atoms with Gasteiger partial charge in [-0.15, -0.1) is 11.3 Å². The number of ether oxygens (including phenoxy) is 1. The smallest absolute Gasteiger partial charge is 0.305 e. The Labute approximate surface area is 120 Å². The number of thiazole rings is 1. The summed E-state index contributed by atoms with van der Waals surface area (Å²) >= 11 is 1.55. The molecule has 7 nitrogen and oxygen atoms in total. The zero-order chi connectivity index (χ0) is 14.2.